The van der Waals surface area contributed by atoms with E-state index in [1.54, 1.807) is 14.2 Å². The first-order valence-corrected chi connectivity index (χ1v) is 11.4. The van der Waals surface area contributed by atoms with Gasteiger partial charge in [-0.1, -0.05) is 24.3 Å². The predicted molar refractivity (Wildman–Crippen MR) is 127 cm³/mol. The largest absolute Gasteiger partial charge is 0.497 e. The number of methoxy groups -OCH3 is 2. The van der Waals surface area contributed by atoms with Crippen molar-refractivity contribution in [2.75, 3.05) is 40.5 Å². The summed E-state index contributed by atoms with van der Waals surface area (Å²) in [5, 5.41) is 11.7. The Bertz CT molecular complexity index is 1090. The number of hydrogen-bond acceptors (Lipinski definition) is 7. The van der Waals surface area contributed by atoms with Crippen LogP contribution in [0.1, 0.15) is 17.2 Å². The minimum atomic E-state index is -0.154. The molecule has 1 aliphatic rings. The molecule has 0 aliphatic carbocycles. The lowest BCUT2D eigenvalue weighted by Crippen LogP contribution is -2.31. The Morgan fingerprint density at radius 1 is 1.00 bits per heavy atom. The zero-order chi connectivity index (χ0) is 23.8. The fourth-order valence-electron chi connectivity index (χ4n) is 4.02. The van der Waals surface area contributed by atoms with Gasteiger partial charge in [0.2, 0.25) is 0 Å². The van der Waals surface area contributed by atoms with Gasteiger partial charge in [-0.2, -0.15) is 0 Å². The van der Waals surface area contributed by atoms with Crippen molar-refractivity contribution in [3.05, 3.63) is 65.7 Å². The van der Waals surface area contributed by atoms with Crippen LogP contribution in [0.25, 0.3) is 0 Å². The Morgan fingerprint density at radius 3 is 2.65 bits per heavy atom. The minimum Gasteiger partial charge on any atom is -0.497 e. The van der Waals surface area contributed by atoms with Crippen LogP contribution in [0.2, 0.25) is 0 Å². The summed E-state index contributed by atoms with van der Waals surface area (Å²) in [6, 6.07) is 15.2. The summed E-state index contributed by atoms with van der Waals surface area (Å²) in [6.07, 6.45) is 1.44. The lowest BCUT2D eigenvalue weighted by Gasteiger charge is -2.21. The van der Waals surface area contributed by atoms with Crippen LogP contribution in [0.3, 0.4) is 0 Å². The van der Waals surface area contributed by atoms with E-state index in [1.807, 2.05) is 42.5 Å². The van der Waals surface area contributed by atoms with Crippen molar-refractivity contribution in [2.45, 2.75) is 25.9 Å². The summed E-state index contributed by atoms with van der Waals surface area (Å²) in [4.78, 5) is 14.5. The first kappa shape index (κ1) is 23.6. The molecule has 9 heteroatoms. The van der Waals surface area contributed by atoms with Crippen molar-refractivity contribution < 1.29 is 19.0 Å². The molecule has 0 spiro atoms. The smallest absolute Gasteiger partial charge is 0.257 e. The number of rotatable bonds is 10. The van der Waals surface area contributed by atoms with Gasteiger partial charge in [-0.25, -0.2) is 0 Å². The first-order valence-electron chi connectivity index (χ1n) is 11.4. The number of benzene rings is 2. The normalized spacial score (nSPS) is 13.6. The molecule has 0 radical (unpaired) electrons. The highest BCUT2D eigenvalue weighted by Crippen LogP contribution is 2.26. The van der Waals surface area contributed by atoms with Gasteiger partial charge in [0.15, 0.2) is 6.61 Å². The maximum atomic E-state index is 12.1. The molecule has 1 aliphatic heterocycles. The molecule has 0 unspecified atom stereocenters. The van der Waals surface area contributed by atoms with Crippen LogP contribution < -0.4 is 19.5 Å². The lowest BCUT2D eigenvalue weighted by atomic mass is 10.1. The van der Waals surface area contributed by atoms with E-state index in [0.717, 1.165) is 61.3 Å². The van der Waals surface area contributed by atoms with Gasteiger partial charge in [0, 0.05) is 57.2 Å². The van der Waals surface area contributed by atoms with Crippen molar-refractivity contribution in [1.82, 2.24) is 25.0 Å². The highest BCUT2D eigenvalue weighted by atomic mass is 16.5. The van der Waals surface area contributed by atoms with E-state index in [0.29, 0.717) is 18.7 Å². The van der Waals surface area contributed by atoms with Gasteiger partial charge in [0.05, 0.1) is 14.2 Å². The summed E-state index contributed by atoms with van der Waals surface area (Å²) in [5.74, 6) is 4.01. The van der Waals surface area contributed by atoms with E-state index in [4.69, 9.17) is 14.2 Å². The number of carbonyl (C=O) groups excluding carboxylic acids is 1. The van der Waals surface area contributed by atoms with E-state index in [9.17, 15) is 4.79 Å². The molecule has 1 N–H and O–H groups in total. The number of ether oxygens (including phenoxy) is 3. The molecule has 180 valence electrons. The average molecular weight is 466 g/mol. The Hall–Kier alpha value is -3.59. The number of fused-ring (bicyclic) bond motifs is 1. The maximum Gasteiger partial charge on any atom is 0.257 e. The SMILES string of the molecule is COc1ccc(CN2CCc3nnc(CCNC(=O)COc4ccccc4)n3CC2)c(OC)c1. The molecule has 0 saturated carbocycles. The molecule has 2 heterocycles. The number of para-hydroxylation sites is 1. The van der Waals surface area contributed by atoms with E-state index in [1.165, 1.54) is 0 Å². The molecule has 9 nitrogen and oxygen atoms in total. The van der Waals surface area contributed by atoms with E-state index >= 15 is 0 Å². The van der Waals surface area contributed by atoms with Gasteiger partial charge in [0.1, 0.15) is 28.9 Å². The Kier molecular flexibility index (Phi) is 7.98. The second-order valence-electron chi connectivity index (χ2n) is 8.09. The van der Waals surface area contributed by atoms with Crippen LogP contribution in [0.4, 0.5) is 0 Å². The fourth-order valence-corrected chi connectivity index (χ4v) is 4.02. The summed E-state index contributed by atoms with van der Waals surface area (Å²) in [5.41, 5.74) is 1.13. The third-order valence-electron chi connectivity index (χ3n) is 5.87. The van der Waals surface area contributed by atoms with E-state index < -0.39 is 0 Å². The van der Waals surface area contributed by atoms with Crippen molar-refractivity contribution in [2.24, 2.45) is 0 Å². The van der Waals surface area contributed by atoms with E-state index in [-0.39, 0.29) is 12.5 Å². The Labute approximate surface area is 199 Å². The summed E-state index contributed by atoms with van der Waals surface area (Å²) in [6.45, 7) is 3.85. The number of aromatic nitrogens is 3. The van der Waals surface area contributed by atoms with Crippen LogP contribution in [-0.4, -0.2) is 66.0 Å². The third kappa shape index (κ3) is 6.05. The summed E-state index contributed by atoms with van der Waals surface area (Å²) in [7, 11) is 3.33. The Balaban J connectivity index is 1.27. The highest BCUT2D eigenvalue weighted by molar-refractivity contribution is 5.77. The zero-order valence-electron chi connectivity index (χ0n) is 19.7. The van der Waals surface area contributed by atoms with Crippen molar-refractivity contribution in [3.63, 3.8) is 0 Å². The molecular weight excluding hydrogens is 434 g/mol. The van der Waals surface area contributed by atoms with Gasteiger partial charge < -0.3 is 24.1 Å². The van der Waals surface area contributed by atoms with Gasteiger partial charge in [-0.05, 0) is 18.2 Å². The lowest BCUT2D eigenvalue weighted by molar-refractivity contribution is -0.123. The average Bonchev–Trinajstić information content (AvgIpc) is 3.15. The second kappa shape index (κ2) is 11.5. The maximum absolute atomic E-state index is 12.1. The molecule has 0 saturated heterocycles. The second-order valence-corrected chi connectivity index (χ2v) is 8.09. The molecule has 34 heavy (non-hydrogen) atoms. The molecule has 0 atom stereocenters. The molecule has 1 amide bonds. The van der Waals surface area contributed by atoms with Crippen LogP contribution in [0.15, 0.2) is 48.5 Å². The molecule has 0 bridgehead atoms. The molecule has 1 aromatic heterocycles. The first-order chi connectivity index (χ1) is 16.7. The monoisotopic (exact) mass is 465 g/mol. The van der Waals surface area contributed by atoms with Gasteiger partial charge in [0.25, 0.3) is 5.91 Å². The highest BCUT2D eigenvalue weighted by Gasteiger charge is 2.20. The zero-order valence-corrected chi connectivity index (χ0v) is 19.7. The number of amides is 1. The molecular formula is C25H31N5O4. The van der Waals surface area contributed by atoms with Crippen molar-refractivity contribution >= 4 is 5.91 Å². The number of nitrogens with one attached hydrogen (secondary N) is 1. The fraction of sp³-hybridized carbons (Fsp3) is 0.400. The van der Waals surface area contributed by atoms with E-state index in [2.05, 4.69) is 31.0 Å². The predicted octanol–water partition coefficient (Wildman–Crippen LogP) is 2.09. The minimum absolute atomic E-state index is 0.00820. The standard InChI is InChI=1S/C25H31N5O4/c1-32-21-9-8-19(22(16-21)33-2)17-29-13-11-24-28-27-23(30(24)15-14-29)10-12-26-25(31)18-34-20-6-4-3-5-7-20/h3-9,16H,10-15,17-18H2,1-2H3,(H,26,31). The number of nitrogens with zero attached hydrogens (tertiary/aromatic N) is 4. The Morgan fingerprint density at radius 2 is 1.85 bits per heavy atom. The van der Waals surface area contributed by atoms with Crippen molar-refractivity contribution in [3.8, 4) is 17.2 Å². The van der Waals surface area contributed by atoms with Gasteiger partial charge in [-0.3, -0.25) is 9.69 Å². The van der Waals surface area contributed by atoms with Gasteiger partial charge in [-0.15, -0.1) is 10.2 Å². The molecule has 2 aromatic carbocycles. The van der Waals surface area contributed by atoms with Gasteiger partial charge >= 0.3 is 0 Å². The third-order valence-corrected chi connectivity index (χ3v) is 5.87. The van der Waals surface area contributed by atoms with Crippen molar-refractivity contribution in [1.29, 1.82) is 0 Å². The molecule has 0 fully saturated rings. The summed E-state index contributed by atoms with van der Waals surface area (Å²) < 4.78 is 18.5. The molecule has 3 aromatic rings. The quantitative estimate of drug-likeness (QED) is 0.490. The summed E-state index contributed by atoms with van der Waals surface area (Å²) >= 11 is 0. The molecule has 4 rings (SSSR count). The van der Waals surface area contributed by atoms with Crippen LogP contribution in [-0.2, 0) is 30.7 Å². The number of carbonyl (C=O) groups is 1. The van der Waals surface area contributed by atoms with Crippen LogP contribution in [0, 0.1) is 0 Å². The number of hydrogen-bond donors (Lipinski definition) is 1. The van der Waals surface area contributed by atoms with Crippen LogP contribution in [0.5, 0.6) is 17.2 Å². The topological polar surface area (TPSA) is 90.7 Å². The van der Waals surface area contributed by atoms with Crippen LogP contribution >= 0.6 is 0 Å².